The van der Waals surface area contributed by atoms with Crippen molar-refractivity contribution in [3.05, 3.63) is 71.3 Å². The summed E-state index contributed by atoms with van der Waals surface area (Å²) in [6.07, 6.45) is 0.413. The van der Waals surface area contributed by atoms with Crippen molar-refractivity contribution in [3.63, 3.8) is 0 Å². The molecule has 100 valence electrons. The molecule has 0 spiro atoms. The maximum absolute atomic E-state index is 10.6. The summed E-state index contributed by atoms with van der Waals surface area (Å²) in [7, 11) is 0. The second-order valence-electron chi connectivity index (χ2n) is 5.96. The number of hydrogen-bond acceptors (Lipinski definition) is 1. The van der Waals surface area contributed by atoms with Gasteiger partial charge in [-0.15, -0.1) is 0 Å². The van der Waals surface area contributed by atoms with Crippen molar-refractivity contribution in [2.45, 2.75) is 33.3 Å². The fourth-order valence-corrected chi connectivity index (χ4v) is 2.42. The molecule has 0 heterocycles. The van der Waals surface area contributed by atoms with Gasteiger partial charge in [0.25, 0.3) is 0 Å². The Morgan fingerprint density at radius 1 is 0.947 bits per heavy atom. The van der Waals surface area contributed by atoms with Gasteiger partial charge in [-0.3, -0.25) is 0 Å². The van der Waals surface area contributed by atoms with Gasteiger partial charge in [-0.1, -0.05) is 74.0 Å². The summed E-state index contributed by atoms with van der Waals surface area (Å²) in [5.41, 5.74) is 3.29. The molecule has 2 aromatic rings. The first-order chi connectivity index (χ1) is 8.99. The number of hydrogen-bond donors (Lipinski definition) is 1. The Bertz CT molecular complexity index is 511. The summed E-state index contributed by atoms with van der Waals surface area (Å²) in [6, 6.07) is 18.5. The summed E-state index contributed by atoms with van der Waals surface area (Å²) < 4.78 is 0. The maximum atomic E-state index is 10.6. The van der Waals surface area contributed by atoms with E-state index in [1.54, 1.807) is 0 Å². The van der Waals surface area contributed by atoms with Gasteiger partial charge in [0.2, 0.25) is 0 Å². The van der Waals surface area contributed by atoms with E-state index in [0.717, 1.165) is 12.0 Å². The van der Waals surface area contributed by atoms with E-state index in [4.69, 9.17) is 0 Å². The topological polar surface area (TPSA) is 20.2 Å². The standard InChI is InChI=1S/C18H22O/c1-14-9-11-16(12-10-14)17(19)18(2,3)13-15-7-5-4-6-8-15/h4-12,17,19H,13H2,1-3H3/t17-/m0/s1. The molecule has 0 radical (unpaired) electrons. The highest BCUT2D eigenvalue weighted by molar-refractivity contribution is 5.25. The Hall–Kier alpha value is -1.60. The zero-order chi connectivity index (χ0) is 13.9. The highest BCUT2D eigenvalue weighted by Gasteiger charge is 2.29. The fraction of sp³-hybridized carbons (Fsp3) is 0.333. The van der Waals surface area contributed by atoms with Crippen molar-refractivity contribution in [1.29, 1.82) is 0 Å². The van der Waals surface area contributed by atoms with Gasteiger partial charge in [-0.2, -0.15) is 0 Å². The van der Waals surface area contributed by atoms with Crippen molar-refractivity contribution in [1.82, 2.24) is 0 Å². The molecule has 2 rings (SSSR count). The number of aliphatic hydroxyl groups excluding tert-OH is 1. The second kappa shape index (κ2) is 5.58. The summed E-state index contributed by atoms with van der Waals surface area (Å²) in [5, 5.41) is 10.6. The largest absolute Gasteiger partial charge is 0.388 e. The van der Waals surface area contributed by atoms with E-state index in [1.165, 1.54) is 11.1 Å². The summed E-state index contributed by atoms with van der Waals surface area (Å²) in [5.74, 6) is 0. The van der Waals surface area contributed by atoms with E-state index in [-0.39, 0.29) is 5.41 Å². The van der Waals surface area contributed by atoms with Crippen LogP contribution in [0.3, 0.4) is 0 Å². The maximum Gasteiger partial charge on any atom is 0.0844 e. The van der Waals surface area contributed by atoms with Crippen LogP contribution in [0.2, 0.25) is 0 Å². The van der Waals surface area contributed by atoms with E-state index in [0.29, 0.717) is 0 Å². The summed E-state index contributed by atoms with van der Waals surface area (Å²) >= 11 is 0. The van der Waals surface area contributed by atoms with Crippen molar-refractivity contribution in [3.8, 4) is 0 Å². The van der Waals surface area contributed by atoms with Gasteiger partial charge in [0.15, 0.2) is 0 Å². The highest BCUT2D eigenvalue weighted by atomic mass is 16.3. The van der Waals surface area contributed by atoms with Crippen LogP contribution in [0.4, 0.5) is 0 Å². The number of aliphatic hydroxyl groups is 1. The summed E-state index contributed by atoms with van der Waals surface area (Å²) in [6.45, 7) is 6.29. The van der Waals surface area contributed by atoms with Crippen LogP contribution in [-0.2, 0) is 6.42 Å². The lowest BCUT2D eigenvalue weighted by Gasteiger charge is -2.31. The van der Waals surface area contributed by atoms with Gasteiger partial charge in [0, 0.05) is 0 Å². The second-order valence-corrected chi connectivity index (χ2v) is 5.96. The minimum atomic E-state index is -0.451. The highest BCUT2D eigenvalue weighted by Crippen LogP contribution is 2.36. The van der Waals surface area contributed by atoms with E-state index >= 15 is 0 Å². The van der Waals surface area contributed by atoms with Gasteiger partial charge < -0.3 is 5.11 Å². The number of rotatable bonds is 4. The molecule has 0 aliphatic carbocycles. The molecule has 1 N–H and O–H groups in total. The summed E-state index contributed by atoms with van der Waals surface area (Å²) in [4.78, 5) is 0. The average Bonchev–Trinajstić information content (AvgIpc) is 2.39. The lowest BCUT2D eigenvalue weighted by Crippen LogP contribution is -2.24. The Kier molecular flexibility index (Phi) is 4.06. The van der Waals surface area contributed by atoms with E-state index in [1.807, 2.05) is 30.3 Å². The SMILES string of the molecule is Cc1ccc([C@H](O)C(C)(C)Cc2ccccc2)cc1. The quantitative estimate of drug-likeness (QED) is 0.862. The molecule has 1 heteroatoms. The molecule has 2 aromatic carbocycles. The first-order valence-corrected chi connectivity index (χ1v) is 6.77. The van der Waals surface area contributed by atoms with Crippen LogP contribution < -0.4 is 0 Å². The Morgan fingerprint density at radius 3 is 2.11 bits per heavy atom. The van der Waals surface area contributed by atoms with Crippen molar-refractivity contribution < 1.29 is 5.11 Å². The minimum absolute atomic E-state index is 0.184. The molecule has 0 saturated heterocycles. The van der Waals surface area contributed by atoms with Crippen LogP contribution in [0.15, 0.2) is 54.6 Å². The van der Waals surface area contributed by atoms with Crippen molar-refractivity contribution in [2.24, 2.45) is 5.41 Å². The molecule has 0 fully saturated rings. The van der Waals surface area contributed by atoms with Crippen molar-refractivity contribution >= 4 is 0 Å². The smallest absolute Gasteiger partial charge is 0.0844 e. The van der Waals surface area contributed by atoms with Crippen LogP contribution in [0.5, 0.6) is 0 Å². The first-order valence-electron chi connectivity index (χ1n) is 6.77. The minimum Gasteiger partial charge on any atom is -0.388 e. The van der Waals surface area contributed by atoms with Crippen LogP contribution in [0.25, 0.3) is 0 Å². The van der Waals surface area contributed by atoms with Gasteiger partial charge in [-0.25, -0.2) is 0 Å². The Balaban J connectivity index is 2.16. The van der Waals surface area contributed by atoms with Gasteiger partial charge in [-0.05, 0) is 29.9 Å². The number of benzene rings is 2. The van der Waals surface area contributed by atoms with Crippen molar-refractivity contribution in [2.75, 3.05) is 0 Å². The Labute approximate surface area is 115 Å². The molecular formula is C18H22O. The van der Waals surface area contributed by atoms with E-state index < -0.39 is 6.10 Å². The molecule has 0 amide bonds. The zero-order valence-corrected chi connectivity index (χ0v) is 11.9. The van der Waals surface area contributed by atoms with Gasteiger partial charge >= 0.3 is 0 Å². The van der Waals surface area contributed by atoms with Gasteiger partial charge in [0.1, 0.15) is 0 Å². The molecule has 0 unspecified atom stereocenters. The predicted octanol–water partition coefficient (Wildman–Crippen LogP) is 4.30. The molecule has 0 aliphatic rings. The molecule has 0 bridgehead atoms. The molecule has 1 atom stereocenters. The molecule has 0 saturated carbocycles. The normalized spacial score (nSPS) is 13.3. The molecule has 0 aliphatic heterocycles. The molecule has 0 aromatic heterocycles. The van der Waals surface area contributed by atoms with Crippen LogP contribution in [0, 0.1) is 12.3 Å². The third-order valence-electron chi connectivity index (χ3n) is 3.64. The lowest BCUT2D eigenvalue weighted by molar-refractivity contribution is 0.0494. The van der Waals surface area contributed by atoms with Crippen LogP contribution in [0.1, 0.15) is 36.6 Å². The third-order valence-corrected chi connectivity index (χ3v) is 3.64. The average molecular weight is 254 g/mol. The molecular weight excluding hydrogens is 232 g/mol. The Morgan fingerprint density at radius 2 is 1.53 bits per heavy atom. The monoisotopic (exact) mass is 254 g/mol. The first kappa shape index (κ1) is 13.8. The fourth-order valence-electron chi connectivity index (χ4n) is 2.42. The van der Waals surface area contributed by atoms with E-state index in [9.17, 15) is 5.11 Å². The van der Waals surface area contributed by atoms with Crippen LogP contribution >= 0.6 is 0 Å². The zero-order valence-electron chi connectivity index (χ0n) is 11.9. The van der Waals surface area contributed by atoms with Gasteiger partial charge in [0.05, 0.1) is 6.10 Å². The molecule has 1 nitrogen and oxygen atoms in total. The van der Waals surface area contributed by atoms with E-state index in [2.05, 4.69) is 45.0 Å². The van der Waals surface area contributed by atoms with Crippen LogP contribution in [-0.4, -0.2) is 5.11 Å². The third kappa shape index (κ3) is 3.45. The number of aryl methyl sites for hydroxylation is 1. The lowest BCUT2D eigenvalue weighted by atomic mass is 9.77. The predicted molar refractivity (Wildman–Crippen MR) is 80.1 cm³/mol. The molecule has 19 heavy (non-hydrogen) atoms.